The number of rotatable bonds is 7. The lowest BCUT2D eigenvalue weighted by atomic mass is 9.87. The summed E-state index contributed by atoms with van der Waals surface area (Å²) in [6, 6.07) is 7.82. The van der Waals surface area contributed by atoms with Crippen molar-refractivity contribution in [2.75, 3.05) is 12.4 Å². The fraction of sp³-hybridized carbons (Fsp3) is 0.476. The largest absolute Gasteiger partial charge is 0.462 e. The van der Waals surface area contributed by atoms with Gasteiger partial charge < -0.3 is 9.47 Å². The Morgan fingerprint density at radius 3 is 2.41 bits per heavy atom. The van der Waals surface area contributed by atoms with Gasteiger partial charge in [-0.15, -0.1) is 0 Å². The second-order valence-electron chi connectivity index (χ2n) is 7.67. The van der Waals surface area contributed by atoms with Crippen LogP contribution in [0, 0.1) is 5.92 Å². The van der Waals surface area contributed by atoms with Crippen molar-refractivity contribution < 1.29 is 14.3 Å². The summed E-state index contributed by atoms with van der Waals surface area (Å²) in [6.07, 6.45) is 1.48. The van der Waals surface area contributed by atoms with Gasteiger partial charge in [0.2, 0.25) is 5.88 Å². The number of carbonyl (C=O) groups excluding carboxylic acids is 1. The zero-order valence-corrected chi connectivity index (χ0v) is 17.7. The molecule has 0 saturated heterocycles. The van der Waals surface area contributed by atoms with E-state index in [4.69, 9.17) is 9.47 Å². The molecule has 0 aliphatic rings. The number of benzene rings is 1. The summed E-state index contributed by atoms with van der Waals surface area (Å²) in [5.74, 6) is 1.75. The summed E-state index contributed by atoms with van der Waals surface area (Å²) in [7, 11) is 0. The van der Waals surface area contributed by atoms with Crippen LogP contribution in [0.5, 0.6) is 11.6 Å². The molecular weight excluding hydrogens is 360 g/mol. The quantitative estimate of drug-likeness (QED) is 0.355. The molecule has 0 atom stereocenters. The molecule has 0 spiro atoms. The van der Waals surface area contributed by atoms with Gasteiger partial charge in [0, 0.05) is 11.9 Å². The SMILES string of the molecule is CCOC(=O)c1cnc(SCC(C)C)nc1Oc1ccc(C(C)(C)C)cc1. The van der Waals surface area contributed by atoms with Gasteiger partial charge in [-0.25, -0.2) is 9.78 Å². The molecule has 1 heterocycles. The molecule has 0 N–H and O–H groups in total. The minimum absolute atomic E-state index is 0.0597. The first kappa shape index (κ1) is 21.2. The third kappa shape index (κ3) is 6.24. The first-order chi connectivity index (χ1) is 12.7. The van der Waals surface area contributed by atoms with Crippen molar-refractivity contribution in [2.24, 2.45) is 5.92 Å². The molecule has 0 bridgehead atoms. The monoisotopic (exact) mass is 388 g/mol. The number of aromatic nitrogens is 2. The summed E-state index contributed by atoms with van der Waals surface area (Å²) in [5, 5.41) is 0.582. The number of hydrogen-bond donors (Lipinski definition) is 0. The predicted octanol–water partition coefficient (Wildman–Crippen LogP) is 5.49. The fourth-order valence-corrected chi connectivity index (χ4v) is 2.98. The van der Waals surface area contributed by atoms with E-state index in [1.54, 1.807) is 6.92 Å². The van der Waals surface area contributed by atoms with E-state index < -0.39 is 5.97 Å². The number of nitrogens with zero attached hydrogens (tertiary/aromatic N) is 2. The second-order valence-corrected chi connectivity index (χ2v) is 8.66. The molecule has 6 heteroatoms. The van der Waals surface area contributed by atoms with E-state index in [1.807, 2.05) is 24.3 Å². The van der Waals surface area contributed by atoms with Crippen molar-refractivity contribution in [3.8, 4) is 11.6 Å². The lowest BCUT2D eigenvalue weighted by molar-refractivity contribution is 0.0521. The number of ether oxygens (including phenoxy) is 2. The first-order valence-electron chi connectivity index (χ1n) is 9.16. The average molecular weight is 389 g/mol. The van der Waals surface area contributed by atoms with Gasteiger partial charge in [-0.2, -0.15) is 4.98 Å². The molecule has 1 aromatic heterocycles. The molecule has 27 heavy (non-hydrogen) atoms. The maximum absolute atomic E-state index is 12.2. The minimum Gasteiger partial charge on any atom is -0.462 e. The van der Waals surface area contributed by atoms with Gasteiger partial charge in [-0.1, -0.05) is 58.5 Å². The van der Waals surface area contributed by atoms with Crippen molar-refractivity contribution in [2.45, 2.75) is 52.1 Å². The van der Waals surface area contributed by atoms with E-state index in [9.17, 15) is 4.79 Å². The van der Waals surface area contributed by atoms with Gasteiger partial charge in [0.15, 0.2) is 5.16 Å². The number of carbonyl (C=O) groups is 1. The van der Waals surface area contributed by atoms with Crippen LogP contribution in [0.3, 0.4) is 0 Å². The van der Waals surface area contributed by atoms with E-state index in [0.29, 0.717) is 16.8 Å². The summed E-state index contributed by atoms with van der Waals surface area (Å²) in [6.45, 7) is 12.8. The normalized spacial score (nSPS) is 11.5. The van der Waals surface area contributed by atoms with Gasteiger partial charge in [0.1, 0.15) is 11.3 Å². The Labute approximate surface area is 165 Å². The van der Waals surface area contributed by atoms with E-state index in [-0.39, 0.29) is 23.5 Å². The summed E-state index contributed by atoms with van der Waals surface area (Å²) in [4.78, 5) is 20.9. The Balaban J connectivity index is 2.30. The maximum atomic E-state index is 12.2. The Hall–Kier alpha value is -2.08. The van der Waals surface area contributed by atoms with Crippen molar-refractivity contribution in [3.05, 3.63) is 41.6 Å². The van der Waals surface area contributed by atoms with Crippen molar-refractivity contribution >= 4 is 17.7 Å². The highest BCUT2D eigenvalue weighted by molar-refractivity contribution is 7.99. The van der Waals surface area contributed by atoms with Crippen LogP contribution in [0.2, 0.25) is 0 Å². The molecule has 0 aliphatic heterocycles. The molecule has 0 radical (unpaired) electrons. The Bertz CT molecular complexity index is 768. The Morgan fingerprint density at radius 2 is 1.85 bits per heavy atom. The fourth-order valence-electron chi connectivity index (χ4n) is 2.22. The second kappa shape index (κ2) is 9.22. The number of hydrogen-bond acceptors (Lipinski definition) is 6. The third-order valence-electron chi connectivity index (χ3n) is 3.71. The lowest BCUT2D eigenvalue weighted by Crippen LogP contribution is -2.11. The molecule has 0 fully saturated rings. The van der Waals surface area contributed by atoms with Crippen LogP contribution < -0.4 is 4.74 Å². The molecule has 0 amide bonds. The standard InChI is InChI=1S/C21H28N2O3S/c1-7-25-19(24)17-12-22-20(27-13-14(2)3)23-18(17)26-16-10-8-15(9-11-16)21(4,5)6/h8-12,14H,7,13H2,1-6H3. The molecule has 146 valence electrons. The molecule has 1 aromatic carbocycles. The van der Waals surface area contributed by atoms with Crippen LogP contribution in [-0.2, 0) is 10.2 Å². The third-order valence-corrected chi connectivity index (χ3v) is 5.00. The van der Waals surface area contributed by atoms with Gasteiger partial charge in [0.05, 0.1) is 6.61 Å². The molecule has 0 aliphatic carbocycles. The summed E-state index contributed by atoms with van der Waals surface area (Å²) >= 11 is 1.54. The van der Waals surface area contributed by atoms with Gasteiger partial charge in [-0.05, 0) is 36.0 Å². The van der Waals surface area contributed by atoms with Crippen LogP contribution in [-0.4, -0.2) is 28.3 Å². The van der Waals surface area contributed by atoms with E-state index in [2.05, 4.69) is 44.6 Å². The average Bonchev–Trinajstić information content (AvgIpc) is 2.60. The zero-order chi connectivity index (χ0) is 20.0. The van der Waals surface area contributed by atoms with Crippen molar-refractivity contribution in [1.29, 1.82) is 0 Å². The Morgan fingerprint density at radius 1 is 1.19 bits per heavy atom. The van der Waals surface area contributed by atoms with Crippen LogP contribution in [0.25, 0.3) is 0 Å². The molecular formula is C21H28N2O3S. The molecule has 2 aromatic rings. The Kier molecular flexibility index (Phi) is 7.25. The van der Waals surface area contributed by atoms with Crippen LogP contribution in [0.15, 0.2) is 35.6 Å². The van der Waals surface area contributed by atoms with Crippen molar-refractivity contribution in [3.63, 3.8) is 0 Å². The van der Waals surface area contributed by atoms with Crippen LogP contribution in [0.4, 0.5) is 0 Å². The zero-order valence-electron chi connectivity index (χ0n) is 16.9. The van der Waals surface area contributed by atoms with Crippen LogP contribution >= 0.6 is 11.8 Å². The summed E-state index contributed by atoms with van der Waals surface area (Å²) in [5.41, 5.74) is 1.49. The van der Waals surface area contributed by atoms with E-state index in [0.717, 1.165) is 5.75 Å². The van der Waals surface area contributed by atoms with Gasteiger partial charge >= 0.3 is 5.97 Å². The molecule has 0 unspecified atom stereocenters. The molecule has 2 rings (SSSR count). The lowest BCUT2D eigenvalue weighted by Gasteiger charge is -2.19. The highest BCUT2D eigenvalue weighted by atomic mass is 32.2. The van der Waals surface area contributed by atoms with Crippen molar-refractivity contribution in [1.82, 2.24) is 9.97 Å². The highest BCUT2D eigenvalue weighted by Gasteiger charge is 2.19. The van der Waals surface area contributed by atoms with E-state index in [1.165, 1.54) is 23.5 Å². The van der Waals surface area contributed by atoms with Crippen LogP contribution in [0.1, 0.15) is 57.5 Å². The van der Waals surface area contributed by atoms with E-state index >= 15 is 0 Å². The van der Waals surface area contributed by atoms with Gasteiger partial charge in [0.25, 0.3) is 0 Å². The molecule has 5 nitrogen and oxygen atoms in total. The highest BCUT2D eigenvalue weighted by Crippen LogP contribution is 2.29. The minimum atomic E-state index is -0.487. The topological polar surface area (TPSA) is 61.3 Å². The number of esters is 1. The smallest absolute Gasteiger partial charge is 0.345 e. The van der Waals surface area contributed by atoms with Gasteiger partial charge in [-0.3, -0.25) is 0 Å². The first-order valence-corrected chi connectivity index (χ1v) is 10.1. The number of thioether (sulfide) groups is 1. The maximum Gasteiger partial charge on any atom is 0.345 e. The summed E-state index contributed by atoms with van der Waals surface area (Å²) < 4.78 is 11.0. The molecule has 0 saturated carbocycles. The predicted molar refractivity (Wildman–Crippen MR) is 109 cm³/mol.